The summed E-state index contributed by atoms with van der Waals surface area (Å²) in [5.41, 5.74) is 7.00. The van der Waals surface area contributed by atoms with Crippen LogP contribution in [0.25, 0.3) is 11.0 Å². The van der Waals surface area contributed by atoms with Gasteiger partial charge in [-0.1, -0.05) is 0 Å². The molecule has 84 valence electrons. The quantitative estimate of drug-likeness (QED) is 0.787. The van der Waals surface area contributed by atoms with E-state index >= 15 is 0 Å². The maximum Gasteiger partial charge on any atom is 0.217 e. The van der Waals surface area contributed by atoms with Crippen LogP contribution in [0.15, 0.2) is 18.5 Å². The number of H-pyrrole nitrogens is 1. The Balaban J connectivity index is 2.26. The minimum Gasteiger partial charge on any atom is -0.370 e. The maximum atomic E-state index is 10.6. The number of primary amides is 1. The van der Waals surface area contributed by atoms with Gasteiger partial charge in [0.1, 0.15) is 0 Å². The fourth-order valence-electron chi connectivity index (χ4n) is 1.64. The number of carbonyl (C=O) groups excluding carboxylic acids is 1. The molecule has 2 rings (SSSR count). The first-order chi connectivity index (χ1) is 7.68. The van der Waals surface area contributed by atoms with Gasteiger partial charge in [-0.05, 0) is 24.7 Å². The number of fused-ring (bicyclic) bond motifs is 1. The number of aromatic nitrogens is 3. The summed E-state index contributed by atoms with van der Waals surface area (Å²) in [5.74, 6) is -0.284. The Morgan fingerprint density at radius 3 is 3.19 bits per heavy atom. The normalized spacial score (nSPS) is 10.8. The lowest BCUT2D eigenvalue weighted by atomic mass is 10.3. The average molecular weight is 236 g/mol. The molecule has 1 amide bonds. The Bertz CT molecular complexity index is 571. The standard InChI is InChI=1S/C10H12N4OS/c11-9(15)2-1-5-14-8-3-4-12-6-7(8)13-10(14)16/h3-4,6H,1-2,5H2,(H2,11,15)(H,13,16). The van der Waals surface area contributed by atoms with Crippen molar-refractivity contribution in [3.05, 3.63) is 23.2 Å². The Labute approximate surface area is 97.3 Å². The van der Waals surface area contributed by atoms with E-state index in [-0.39, 0.29) is 5.91 Å². The molecule has 3 N–H and O–H groups in total. The number of nitrogens with one attached hydrogen (secondary N) is 1. The lowest BCUT2D eigenvalue weighted by Crippen LogP contribution is -2.11. The summed E-state index contributed by atoms with van der Waals surface area (Å²) >= 11 is 5.20. The number of hydrogen-bond acceptors (Lipinski definition) is 3. The van der Waals surface area contributed by atoms with E-state index in [2.05, 4.69) is 9.97 Å². The predicted molar refractivity (Wildman–Crippen MR) is 63.3 cm³/mol. The molecule has 6 heteroatoms. The minimum atomic E-state index is -0.284. The summed E-state index contributed by atoms with van der Waals surface area (Å²) in [6.45, 7) is 0.686. The van der Waals surface area contributed by atoms with E-state index < -0.39 is 0 Å². The molecule has 0 aliphatic heterocycles. The number of hydrogen-bond donors (Lipinski definition) is 2. The molecule has 0 aliphatic rings. The van der Waals surface area contributed by atoms with Crippen LogP contribution in [0.4, 0.5) is 0 Å². The van der Waals surface area contributed by atoms with Crippen LogP contribution in [-0.4, -0.2) is 20.4 Å². The van der Waals surface area contributed by atoms with Crippen LogP contribution in [0.1, 0.15) is 12.8 Å². The second kappa shape index (κ2) is 4.44. The lowest BCUT2D eigenvalue weighted by Gasteiger charge is -2.02. The van der Waals surface area contributed by atoms with Gasteiger partial charge in [0.25, 0.3) is 0 Å². The molecule has 0 aromatic carbocycles. The Hall–Kier alpha value is -1.69. The molecule has 5 nitrogen and oxygen atoms in total. The first-order valence-electron chi connectivity index (χ1n) is 4.99. The number of rotatable bonds is 4. The van der Waals surface area contributed by atoms with Crippen LogP contribution < -0.4 is 5.73 Å². The van der Waals surface area contributed by atoms with Crippen molar-refractivity contribution in [2.24, 2.45) is 5.73 Å². The molecular weight excluding hydrogens is 224 g/mol. The summed E-state index contributed by atoms with van der Waals surface area (Å²) in [5, 5.41) is 0. The summed E-state index contributed by atoms with van der Waals surface area (Å²) < 4.78 is 2.60. The van der Waals surface area contributed by atoms with Crippen LogP contribution in [0, 0.1) is 4.77 Å². The molecule has 0 spiro atoms. The molecule has 0 aliphatic carbocycles. The molecule has 16 heavy (non-hydrogen) atoms. The molecule has 0 atom stereocenters. The van der Waals surface area contributed by atoms with Crippen LogP contribution in [0.5, 0.6) is 0 Å². The highest BCUT2D eigenvalue weighted by atomic mass is 32.1. The highest BCUT2D eigenvalue weighted by molar-refractivity contribution is 7.71. The van der Waals surface area contributed by atoms with E-state index in [1.165, 1.54) is 0 Å². The van der Waals surface area contributed by atoms with Gasteiger partial charge in [0, 0.05) is 19.2 Å². The summed E-state index contributed by atoms with van der Waals surface area (Å²) in [6, 6.07) is 1.89. The number of imidazole rings is 1. The summed E-state index contributed by atoms with van der Waals surface area (Å²) in [4.78, 5) is 17.7. The van der Waals surface area contributed by atoms with E-state index in [1.54, 1.807) is 12.4 Å². The first-order valence-corrected chi connectivity index (χ1v) is 5.40. The zero-order chi connectivity index (χ0) is 11.5. The van der Waals surface area contributed by atoms with Gasteiger partial charge in [0.05, 0.1) is 17.2 Å². The van der Waals surface area contributed by atoms with Crippen LogP contribution >= 0.6 is 12.2 Å². The highest BCUT2D eigenvalue weighted by Gasteiger charge is 2.04. The SMILES string of the molecule is NC(=O)CCCn1c(=S)[nH]c2cnccc21. The molecule has 0 bridgehead atoms. The molecule has 0 unspecified atom stereocenters. The van der Waals surface area contributed by atoms with Crippen molar-refractivity contribution >= 4 is 29.2 Å². The van der Waals surface area contributed by atoms with E-state index in [1.807, 2.05) is 10.6 Å². The monoisotopic (exact) mass is 236 g/mol. The molecule has 0 saturated carbocycles. The number of carbonyl (C=O) groups is 1. The van der Waals surface area contributed by atoms with Gasteiger partial charge in [-0.15, -0.1) is 0 Å². The average Bonchev–Trinajstić information content (AvgIpc) is 2.55. The van der Waals surface area contributed by atoms with Crippen LogP contribution in [0.2, 0.25) is 0 Å². The molecule has 2 heterocycles. The lowest BCUT2D eigenvalue weighted by molar-refractivity contribution is -0.118. The van der Waals surface area contributed by atoms with Crippen molar-refractivity contribution in [2.45, 2.75) is 19.4 Å². The Morgan fingerprint density at radius 2 is 2.44 bits per heavy atom. The number of nitrogens with zero attached hydrogens (tertiary/aromatic N) is 2. The van der Waals surface area contributed by atoms with E-state index in [0.717, 1.165) is 11.0 Å². The topological polar surface area (TPSA) is 76.7 Å². The van der Waals surface area contributed by atoms with Crippen molar-refractivity contribution in [2.75, 3.05) is 0 Å². The fourth-order valence-corrected chi connectivity index (χ4v) is 1.94. The highest BCUT2D eigenvalue weighted by Crippen LogP contribution is 2.12. The minimum absolute atomic E-state index is 0.284. The zero-order valence-electron chi connectivity index (χ0n) is 8.64. The third-order valence-corrected chi connectivity index (χ3v) is 2.70. The molecular formula is C10H12N4OS. The van der Waals surface area contributed by atoms with Crippen LogP contribution in [-0.2, 0) is 11.3 Å². The third kappa shape index (κ3) is 2.11. The van der Waals surface area contributed by atoms with Gasteiger partial charge in [-0.3, -0.25) is 9.78 Å². The van der Waals surface area contributed by atoms with Gasteiger partial charge >= 0.3 is 0 Å². The number of nitrogens with two attached hydrogens (primary N) is 1. The van der Waals surface area contributed by atoms with E-state index in [0.29, 0.717) is 24.2 Å². The second-order valence-electron chi connectivity index (χ2n) is 3.54. The summed E-state index contributed by atoms with van der Waals surface area (Å²) in [6.07, 6.45) is 4.52. The molecule has 0 fully saturated rings. The molecule has 2 aromatic heterocycles. The van der Waals surface area contributed by atoms with Crippen molar-refractivity contribution < 1.29 is 4.79 Å². The van der Waals surface area contributed by atoms with Gasteiger partial charge in [-0.2, -0.15) is 0 Å². The maximum absolute atomic E-state index is 10.6. The van der Waals surface area contributed by atoms with Gasteiger partial charge in [0.15, 0.2) is 4.77 Å². The number of aromatic amines is 1. The van der Waals surface area contributed by atoms with Crippen molar-refractivity contribution in [3.8, 4) is 0 Å². The van der Waals surface area contributed by atoms with Gasteiger partial charge in [0.2, 0.25) is 5.91 Å². The van der Waals surface area contributed by atoms with Crippen molar-refractivity contribution in [1.82, 2.24) is 14.5 Å². The number of amides is 1. The third-order valence-electron chi connectivity index (χ3n) is 2.38. The van der Waals surface area contributed by atoms with E-state index in [4.69, 9.17) is 18.0 Å². The molecule has 0 saturated heterocycles. The predicted octanol–water partition coefficient (Wildman–Crippen LogP) is 1.36. The largest absolute Gasteiger partial charge is 0.370 e. The molecule has 0 radical (unpaired) electrons. The summed E-state index contributed by atoms with van der Waals surface area (Å²) in [7, 11) is 0. The number of aryl methyl sites for hydroxylation is 1. The number of pyridine rings is 1. The van der Waals surface area contributed by atoms with Gasteiger partial charge in [-0.25, -0.2) is 0 Å². The zero-order valence-corrected chi connectivity index (χ0v) is 9.46. The smallest absolute Gasteiger partial charge is 0.217 e. The fraction of sp³-hybridized carbons (Fsp3) is 0.300. The second-order valence-corrected chi connectivity index (χ2v) is 3.93. The Morgan fingerprint density at radius 1 is 1.62 bits per heavy atom. The molecule has 2 aromatic rings. The first kappa shape index (κ1) is 10.8. The van der Waals surface area contributed by atoms with E-state index in [9.17, 15) is 4.79 Å². The van der Waals surface area contributed by atoms with Gasteiger partial charge < -0.3 is 15.3 Å². The van der Waals surface area contributed by atoms with Crippen molar-refractivity contribution in [1.29, 1.82) is 0 Å². The van der Waals surface area contributed by atoms with Crippen LogP contribution in [0.3, 0.4) is 0 Å². The van der Waals surface area contributed by atoms with Crippen molar-refractivity contribution in [3.63, 3.8) is 0 Å². The Kier molecular flexibility index (Phi) is 3.00.